The smallest absolute Gasteiger partial charge is 0.330 e. The second-order valence-corrected chi connectivity index (χ2v) is 4.59. The molecule has 0 rings (SSSR count). The number of hydrogen-bond donors (Lipinski definition) is 1. The van der Waals surface area contributed by atoms with E-state index < -0.39 is 5.97 Å². The maximum Gasteiger partial charge on any atom is 0.330 e. The van der Waals surface area contributed by atoms with Crippen molar-refractivity contribution in [3.05, 3.63) is 25.3 Å². The van der Waals surface area contributed by atoms with Crippen molar-refractivity contribution >= 4 is 11.9 Å². The van der Waals surface area contributed by atoms with Gasteiger partial charge in [-0.3, -0.25) is 5.41 Å². The standard InChI is InChI=1S/C17H29NO7/c1-4-15(18)22-11-7-20-9-13-24-17(6-3)25-14-10-21-8-12-23-16(19)5-2/h4-5,17-18H,1-2,6-14H2,3H3. The topological polar surface area (TPSA) is 96.3 Å². The number of hydrogen-bond acceptors (Lipinski definition) is 8. The van der Waals surface area contributed by atoms with E-state index in [9.17, 15) is 4.79 Å². The Kier molecular flexibility index (Phi) is 15.9. The van der Waals surface area contributed by atoms with E-state index in [1.807, 2.05) is 6.92 Å². The van der Waals surface area contributed by atoms with Crippen molar-refractivity contribution in [3.63, 3.8) is 0 Å². The quantitative estimate of drug-likeness (QED) is 0.105. The van der Waals surface area contributed by atoms with E-state index >= 15 is 0 Å². The highest BCUT2D eigenvalue weighted by atomic mass is 16.7. The van der Waals surface area contributed by atoms with Crippen LogP contribution in [0.4, 0.5) is 0 Å². The SMILES string of the molecule is C=CC(=N)OCCOCCOC(CC)OCCOCCOC(=O)C=C. The van der Waals surface area contributed by atoms with Gasteiger partial charge < -0.3 is 28.4 Å². The minimum Gasteiger partial charge on any atom is -0.476 e. The molecule has 0 aliphatic carbocycles. The lowest BCUT2D eigenvalue weighted by atomic mass is 10.5. The molecule has 1 N–H and O–H groups in total. The molecule has 0 aromatic rings. The van der Waals surface area contributed by atoms with Crippen LogP contribution < -0.4 is 0 Å². The summed E-state index contributed by atoms with van der Waals surface area (Å²) < 4.78 is 31.4. The van der Waals surface area contributed by atoms with Gasteiger partial charge in [0.2, 0.25) is 5.90 Å². The zero-order chi connectivity index (χ0) is 18.8. The third-order valence-corrected chi connectivity index (χ3v) is 2.71. The number of ether oxygens (including phenoxy) is 6. The Labute approximate surface area is 149 Å². The monoisotopic (exact) mass is 359 g/mol. The molecular formula is C17H29NO7. The van der Waals surface area contributed by atoms with E-state index in [2.05, 4.69) is 13.2 Å². The molecule has 8 heteroatoms. The number of rotatable bonds is 17. The highest BCUT2D eigenvalue weighted by Gasteiger charge is 2.06. The number of nitrogens with one attached hydrogen (secondary N) is 1. The molecule has 0 saturated heterocycles. The lowest BCUT2D eigenvalue weighted by Crippen LogP contribution is -2.22. The summed E-state index contributed by atoms with van der Waals surface area (Å²) in [7, 11) is 0. The lowest BCUT2D eigenvalue weighted by molar-refractivity contribution is -0.160. The van der Waals surface area contributed by atoms with Crippen molar-refractivity contribution < 1.29 is 33.2 Å². The van der Waals surface area contributed by atoms with Crippen molar-refractivity contribution in [1.29, 1.82) is 5.41 Å². The normalized spacial score (nSPS) is 11.6. The van der Waals surface area contributed by atoms with Crippen molar-refractivity contribution in [2.24, 2.45) is 0 Å². The molecule has 0 heterocycles. The van der Waals surface area contributed by atoms with E-state index in [-0.39, 0.29) is 18.8 Å². The van der Waals surface area contributed by atoms with Crippen molar-refractivity contribution in [2.75, 3.05) is 52.9 Å². The van der Waals surface area contributed by atoms with Gasteiger partial charge in [0.05, 0.1) is 39.6 Å². The van der Waals surface area contributed by atoms with Gasteiger partial charge in [-0.15, -0.1) is 0 Å². The highest BCUT2D eigenvalue weighted by molar-refractivity contribution is 5.83. The molecule has 1 unspecified atom stereocenters. The van der Waals surface area contributed by atoms with Crippen molar-refractivity contribution in [1.82, 2.24) is 0 Å². The van der Waals surface area contributed by atoms with Gasteiger partial charge in [0, 0.05) is 6.08 Å². The molecule has 25 heavy (non-hydrogen) atoms. The first-order valence-corrected chi connectivity index (χ1v) is 8.15. The van der Waals surface area contributed by atoms with Gasteiger partial charge in [-0.2, -0.15) is 0 Å². The molecule has 1 atom stereocenters. The molecule has 0 spiro atoms. The summed E-state index contributed by atoms with van der Waals surface area (Å²) in [5.74, 6) is -0.438. The Morgan fingerprint density at radius 2 is 1.40 bits per heavy atom. The first kappa shape index (κ1) is 23.3. The van der Waals surface area contributed by atoms with Gasteiger partial charge in [0.15, 0.2) is 6.29 Å². The Morgan fingerprint density at radius 1 is 0.880 bits per heavy atom. The second kappa shape index (κ2) is 17.1. The molecule has 0 radical (unpaired) electrons. The molecular weight excluding hydrogens is 330 g/mol. The Bertz CT molecular complexity index is 353. The molecule has 144 valence electrons. The predicted molar refractivity (Wildman–Crippen MR) is 92.7 cm³/mol. The maximum absolute atomic E-state index is 10.8. The number of carbonyl (C=O) groups is 1. The molecule has 0 fully saturated rings. The molecule has 0 saturated carbocycles. The highest BCUT2D eigenvalue weighted by Crippen LogP contribution is 2.00. The molecule has 0 bridgehead atoms. The van der Waals surface area contributed by atoms with Crippen LogP contribution in [0, 0.1) is 5.41 Å². The Morgan fingerprint density at radius 3 is 1.88 bits per heavy atom. The Hall–Kier alpha value is -1.74. The van der Waals surface area contributed by atoms with E-state index in [0.717, 1.165) is 6.08 Å². The maximum atomic E-state index is 10.8. The molecule has 0 aromatic heterocycles. The zero-order valence-electron chi connectivity index (χ0n) is 14.9. The third-order valence-electron chi connectivity index (χ3n) is 2.71. The summed E-state index contributed by atoms with van der Waals surface area (Å²) in [6.07, 6.45) is 2.81. The summed E-state index contributed by atoms with van der Waals surface area (Å²) in [5.41, 5.74) is 0. The first-order valence-electron chi connectivity index (χ1n) is 8.15. The van der Waals surface area contributed by atoms with E-state index in [4.69, 9.17) is 33.8 Å². The van der Waals surface area contributed by atoms with Gasteiger partial charge >= 0.3 is 5.97 Å². The van der Waals surface area contributed by atoms with Crippen LogP contribution in [-0.2, 0) is 33.2 Å². The predicted octanol–water partition coefficient (Wildman–Crippen LogP) is 1.70. The average molecular weight is 359 g/mol. The summed E-state index contributed by atoms with van der Waals surface area (Å²) in [4.78, 5) is 10.8. The van der Waals surface area contributed by atoms with Crippen LogP contribution in [0.5, 0.6) is 0 Å². The van der Waals surface area contributed by atoms with Crippen LogP contribution in [0.2, 0.25) is 0 Å². The number of carbonyl (C=O) groups excluding carboxylic acids is 1. The molecule has 0 aromatic carbocycles. The fourth-order valence-corrected chi connectivity index (χ4v) is 1.49. The summed E-state index contributed by atoms with van der Waals surface area (Å²) in [6.45, 7) is 11.4. The summed E-state index contributed by atoms with van der Waals surface area (Å²) in [6, 6.07) is 0. The van der Waals surface area contributed by atoms with Gasteiger partial charge in [0.1, 0.15) is 13.2 Å². The van der Waals surface area contributed by atoms with Gasteiger partial charge in [0.25, 0.3) is 0 Å². The minimum absolute atomic E-state index is 0.0281. The number of esters is 1. The summed E-state index contributed by atoms with van der Waals surface area (Å²) in [5, 5.41) is 7.21. The van der Waals surface area contributed by atoms with Crippen molar-refractivity contribution in [2.45, 2.75) is 19.6 Å². The van der Waals surface area contributed by atoms with E-state index in [0.29, 0.717) is 52.7 Å². The molecule has 0 aliphatic heterocycles. The van der Waals surface area contributed by atoms with Crippen molar-refractivity contribution in [3.8, 4) is 0 Å². The second-order valence-electron chi connectivity index (χ2n) is 4.59. The van der Waals surface area contributed by atoms with Crippen LogP contribution >= 0.6 is 0 Å². The van der Waals surface area contributed by atoms with Crippen LogP contribution in [0.1, 0.15) is 13.3 Å². The molecule has 0 aliphatic rings. The zero-order valence-corrected chi connectivity index (χ0v) is 14.9. The van der Waals surface area contributed by atoms with Crippen LogP contribution in [0.25, 0.3) is 0 Å². The van der Waals surface area contributed by atoms with Gasteiger partial charge in [-0.25, -0.2) is 4.79 Å². The average Bonchev–Trinajstić information content (AvgIpc) is 2.63. The summed E-state index contributed by atoms with van der Waals surface area (Å²) >= 11 is 0. The Balaban J connectivity index is 3.44. The fraction of sp³-hybridized carbons (Fsp3) is 0.647. The third kappa shape index (κ3) is 15.5. The largest absolute Gasteiger partial charge is 0.476 e. The van der Waals surface area contributed by atoms with Gasteiger partial charge in [-0.1, -0.05) is 20.1 Å². The van der Waals surface area contributed by atoms with Crippen LogP contribution in [0.15, 0.2) is 25.3 Å². The molecule has 8 nitrogen and oxygen atoms in total. The van der Waals surface area contributed by atoms with E-state index in [1.165, 1.54) is 6.08 Å². The minimum atomic E-state index is -0.466. The molecule has 0 amide bonds. The van der Waals surface area contributed by atoms with E-state index in [1.54, 1.807) is 0 Å². The fourth-order valence-electron chi connectivity index (χ4n) is 1.49. The van der Waals surface area contributed by atoms with Crippen LogP contribution in [-0.4, -0.2) is 71.0 Å². The van der Waals surface area contributed by atoms with Crippen LogP contribution in [0.3, 0.4) is 0 Å². The van der Waals surface area contributed by atoms with Gasteiger partial charge in [-0.05, 0) is 12.5 Å². The lowest BCUT2D eigenvalue weighted by Gasteiger charge is -2.17. The first-order chi connectivity index (χ1) is 12.1.